The van der Waals surface area contributed by atoms with Gasteiger partial charge < -0.3 is 5.32 Å². The summed E-state index contributed by atoms with van der Waals surface area (Å²) in [5.74, 6) is -0.154. The average molecular weight is 276 g/mol. The summed E-state index contributed by atoms with van der Waals surface area (Å²) in [5.41, 5.74) is 2.55. The molecule has 2 N–H and O–H groups in total. The summed E-state index contributed by atoms with van der Waals surface area (Å²) in [4.78, 5) is 12.1. The molecule has 0 spiro atoms. The highest BCUT2D eigenvalue weighted by Crippen LogP contribution is 2.19. The second kappa shape index (κ2) is 5.79. The first-order chi connectivity index (χ1) is 9.13. The number of hydrogen-bond donors (Lipinski definition) is 2. The van der Waals surface area contributed by atoms with E-state index in [4.69, 9.17) is 0 Å². The third-order valence-corrected chi connectivity index (χ3v) is 3.73. The molecule has 2 rings (SSSR count). The number of aromatic nitrogens is 2. The SMILES string of the molecule is CCc1nnc(NC(=O)c2ccc(NC)cc2C)s1. The molecule has 0 radical (unpaired) electrons. The molecule has 0 saturated carbocycles. The maximum absolute atomic E-state index is 12.1. The molecule has 100 valence electrons. The summed E-state index contributed by atoms with van der Waals surface area (Å²) in [6.45, 7) is 3.92. The first kappa shape index (κ1) is 13.5. The van der Waals surface area contributed by atoms with E-state index in [0.29, 0.717) is 10.7 Å². The number of aryl methyl sites for hydroxylation is 2. The number of nitrogens with one attached hydrogen (secondary N) is 2. The number of hydrogen-bond acceptors (Lipinski definition) is 5. The van der Waals surface area contributed by atoms with Crippen LogP contribution in [0.25, 0.3) is 0 Å². The lowest BCUT2D eigenvalue weighted by Crippen LogP contribution is -2.13. The van der Waals surface area contributed by atoms with Crippen molar-refractivity contribution in [2.45, 2.75) is 20.3 Å². The van der Waals surface area contributed by atoms with Gasteiger partial charge in [-0.05, 0) is 37.1 Å². The quantitative estimate of drug-likeness (QED) is 0.901. The van der Waals surface area contributed by atoms with Crippen molar-refractivity contribution in [3.63, 3.8) is 0 Å². The van der Waals surface area contributed by atoms with E-state index in [1.54, 1.807) is 6.07 Å². The topological polar surface area (TPSA) is 66.9 Å². The van der Waals surface area contributed by atoms with Crippen molar-refractivity contribution in [2.75, 3.05) is 17.7 Å². The Morgan fingerprint density at radius 2 is 2.16 bits per heavy atom. The van der Waals surface area contributed by atoms with E-state index in [9.17, 15) is 4.79 Å². The number of amides is 1. The van der Waals surface area contributed by atoms with Crippen molar-refractivity contribution < 1.29 is 4.79 Å². The van der Waals surface area contributed by atoms with E-state index in [2.05, 4.69) is 20.8 Å². The molecule has 5 nitrogen and oxygen atoms in total. The summed E-state index contributed by atoms with van der Waals surface area (Å²) in [6.07, 6.45) is 0.823. The molecule has 0 saturated heterocycles. The Kier molecular flexibility index (Phi) is 4.11. The van der Waals surface area contributed by atoms with Crippen LogP contribution in [0, 0.1) is 6.92 Å². The first-order valence-corrected chi connectivity index (χ1v) is 6.87. The lowest BCUT2D eigenvalue weighted by Gasteiger charge is -2.07. The summed E-state index contributed by atoms with van der Waals surface area (Å²) < 4.78 is 0. The molecule has 6 heteroatoms. The van der Waals surface area contributed by atoms with Crippen LogP contribution >= 0.6 is 11.3 Å². The van der Waals surface area contributed by atoms with Crippen LogP contribution in [-0.4, -0.2) is 23.2 Å². The molecule has 0 fully saturated rings. The average Bonchev–Trinajstić information content (AvgIpc) is 2.86. The predicted octanol–water partition coefficient (Wildman–Crippen LogP) is 2.70. The fourth-order valence-corrected chi connectivity index (χ4v) is 2.36. The van der Waals surface area contributed by atoms with Crippen molar-refractivity contribution in [2.24, 2.45) is 0 Å². The summed E-state index contributed by atoms with van der Waals surface area (Å²) in [7, 11) is 1.85. The highest BCUT2D eigenvalue weighted by atomic mass is 32.1. The second-order valence-corrected chi connectivity index (χ2v) is 5.15. The van der Waals surface area contributed by atoms with Crippen LogP contribution in [0.1, 0.15) is 27.9 Å². The molecule has 0 bridgehead atoms. The van der Waals surface area contributed by atoms with Crippen LogP contribution in [0.2, 0.25) is 0 Å². The molecule has 1 aromatic carbocycles. The van der Waals surface area contributed by atoms with Gasteiger partial charge in [0.05, 0.1) is 0 Å². The standard InChI is InChI=1S/C13H16N4OS/c1-4-11-16-17-13(19-11)15-12(18)10-6-5-9(14-3)7-8(10)2/h5-7,14H,4H2,1-3H3,(H,15,17,18). The van der Waals surface area contributed by atoms with Crippen molar-refractivity contribution in [1.82, 2.24) is 10.2 Å². The fourth-order valence-electron chi connectivity index (χ4n) is 1.69. The Labute approximate surface area is 116 Å². The van der Waals surface area contributed by atoms with Crippen LogP contribution < -0.4 is 10.6 Å². The Morgan fingerprint density at radius 1 is 1.37 bits per heavy atom. The molecule has 1 aromatic heterocycles. The predicted molar refractivity (Wildman–Crippen MR) is 78.0 cm³/mol. The highest BCUT2D eigenvalue weighted by molar-refractivity contribution is 7.15. The first-order valence-electron chi connectivity index (χ1n) is 6.06. The lowest BCUT2D eigenvalue weighted by molar-refractivity contribution is 0.102. The number of nitrogens with zero attached hydrogens (tertiary/aromatic N) is 2. The molecule has 0 atom stereocenters. The van der Waals surface area contributed by atoms with Crippen LogP contribution in [0.4, 0.5) is 10.8 Å². The monoisotopic (exact) mass is 276 g/mol. The van der Waals surface area contributed by atoms with Gasteiger partial charge in [-0.25, -0.2) is 0 Å². The maximum atomic E-state index is 12.1. The fraction of sp³-hybridized carbons (Fsp3) is 0.308. The minimum Gasteiger partial charge on any atom is -0.388 e. The molecule has 0 aliphatic carbocycles. The van der Waals surface area contributed by atoms with Gasteiger partial charge >= 0.3 is 0 Å². The largest absolute Gasteiger partial charge is 0.388 e. The zero-order chi connectivity index (χ0) is 13.8. The van der Waals surface area contributed by atoms with E-state index in [1.807, 2.05) is 33.0 Å². The molecule has 1 heterocycles. The molecular formula is C13H16N4OS. The van der Waals surface area contributed by atoms with Gasteiger partial charge in [0.2, 0.25) is 5.13 Å². The van der Waals surface area contributed by atoms with Gasteiger partial charge in [0.1, 0.15) is 5.01 Å². The maximum Gasteiger partial charge on any atom is 0.257 e. The molecule has 0 aliphatic rings. The Bertz CT molecular complexity index is 594. The lowest BCUT2D eigenvalue weighted by atomic mass is 10.1. The van der Waals surface area contributed by atoms with Gasteiger partial charge in [-0.3, -0.25) is 10.1 Å². The van der Waals surface area contributed by atoms with Crippen LogP contribution in [0.15, 0.2) is 18.2 Å². The molecule has 0 unspecified atom stereocenters. The molecule has 1 amide bonds. The number of rotatable bonds is 4. The van der Waals surface area contributed by atoms with Gasteiger partial charge in [0, 0.05) is 18.3 Å². The smallest absolute Gasteiger partial charge is 0.257 e. The zero-order valence-corrected chi connectivity index (χ0v) is 12.0. The van der Waals surface area contributed by atoms with Crippen LogP contribution in [0.5, 0.6) is 0 Å². The molecule has 2 aromatic rings. The van der Waals surface area contributed by atoms with Gasteiger partial charge in [-0.15, -0.1) is 10.2 Å². The van der Waals surface area contributed by atoms with E-state index in [1.165, 1.54) is 11.3 Å². The van der Waals surface area contributed by atoms with Gasteiger partial charge in [-0.2, -0.15) is 0 Å². The molecule has 0 aliphatic heterocycles. The molecule has 19 heavy (non-hydrogen) atoms. The van der Waals surface area contributed by atoms with Crippen molar-refractivity contribution in [3.05, 3.63) is 34.3 Å². The number of anilines is 2. The van der Waals surface area contributed by atoms with E-state index >= 15 is 0 Å². The van der Waals surface area contributed by atoms with Crippen LogP contribution in [0.3, 0.4) is 0 Å². The summed E-state index contributed by atoms with van der Waals surface area (Å²) in [5, 5.41) is 15.2. The van der Waals surface area contributed by atoms with E-state index in [0.717, 1.165) is 22.7 Å². The van der Waals surface area contributed by atoms with Gasteiger partial charge in [0.25, 0.3) is 5.91 Å². The third-order valence-electron chi connectivity index (χ3n) is 2.75. The van der Waals surface area contributed by atoms with Gasteiger partial charge in [0.15, 0.2) is 0 Å². The Balaban J connectivity index is 2.15. The van der Waals surface area contributed by atoms with Crippen molar-refractivity contribution >= 4 is 28.1 Å². The zero-order valence-electron chi connectivity index (χ0n) is 11.2. The minimum atomic E-state index is -0.154. The normalized spacial score (nSPS) is 10.3. The molecular weight excluding hydrogens is 260 g/mol. The number of carbonyl (C=O) groups excluding carboxylic acids is 1. The van der Waals surface area contributed by atoms with Crippen LogP contribution in [-0.2, 0) is 6.42 Å². The van der Waals surface area contributed by atoms with E-state index < -0.39 is 0 Å². The number of carbonyl (C=O) groups is 1. The Hall–Kier alpha value is -1.95. The Morgan fingerprint density at radius 3 is 2.74 bits per heavy atom. The number of benzene rings is 1. The highest BCUT2D eigenvalue weighted by Gasteiger charge is 2.12. The van der Waals surface area contributed by atoms with Crippen molar-refractivity contribution in [3.8, 4) is 0 Å². The minimum absolute atomic E-state index is 0.154. The summed E-state index contributed by atoms with van der Waals surface area (Å²) in [6, 6.07) is 5.62. The van der Waals surface area contributed by atoms with Crippen molar-refractivity contribution in [1.29, 1.82) is 0 Å². The second-order valence-electron chi connectivity index (χ2n) is 4.09. The summed E-state index contributed by atoms with van der Waals surface area (Å²) >= 11 is 1.40. The van der Waals surface area contributed by atoms with Gasteiger partial charge in [-0.1, -0.05) is 18.3 Å². The third kappa shape index (κ3) is 3.08. The van der Waals surface area contributed by atoms with E-state index in [-0.39, 0.29) is 5.91 Å².